The van der Waals surface area contributed by atoms with Crippen molar-refractivity contribution in [2.24, 2.45) is 0 Å². The van der Waals surface area contributed by atoms with Crippen LogP contribution in [-0.2, 0) is 22.6 Å². The van der Waals surface area contributed by atoms with Gasteiger partial charge in [-0.2, -0.15) is 0 Å². The zero-order valence-corrected chi connectivity index (χ0v) is 20.9. The summed E-state index contributed by atoms with van der Waals surface area (Å²) in [6.45, 7) is 1.93. The molecule has 0 heterocycles. The zero-order chi connectivity index (χ0) is 23.8. The Morgan fingerprint density at radius 1 is 1.06 bits per heavy atom. The normalized spacial score (nSPS) is 11.5. The second kappa shape index (κ2) is 11.9. The van der Waals surface area contributed by atoms with Crippen LogP contribution < -0.4 is 10.1 Å². The predicted octanol–water partition coefficient (Wildman–Crippen LogP) is 5.18. The molecular weight excluding hydrogens is 504 g/mol. The SMILES string of the molecule is CNC(=O)C(Cc1ccccc1)N(Cc1ccccc1Cl)C(=O)COc1ccc(Br)c(C)c1. The number of carbonyl (C=O) groups is 2. The molecule has 3 rings (SSSR count). The van der Waals surface area contributed by atoms with Gasteiger partial charge in [0.15, 0.2) is 6.61 Å². The van der Waals surface area contributed by atoms with Crippen LogP contribution in [0.25, 0.3) is 0 Å². The van der Waals surface area contributed by atoms with Crippen LogP contribution >= 0.6 is 27.5 Å². The van der Waals surface area contributed by atoms with Crippen LogP contribution in [0.4, 0.5) is 0 Å². The molecule has 0 radical (unpaired) electrons. The van der Waals surface area contributed by atoms with E-state index in [4.69, 9.17) is 16.3 Å². The van der Waals surface area contributed by atoms with Gasteiger partial charge in [-0.15, -0.1) is 0 Å². The number of hydrogen-bond acceptors (Lipinski definition) is 3. The average molecular weight is 530 g/mol. The molecule has 2 amide bonds. The Labute approximate surface area is 207 Å². The van der Waals surface area contributed by atoms with Gasteiger partial charge in [0.05, 0.1) is 0 Å². The van der Waals surface area contributed by atoms with E-state index >= 15 is 0 Å². The van der Waals surface area contributed by atoms with Gasteiger partial charge in [-0.05, 0) is 47.9 Å². The molecule has 0 aromatic heterocycles. The molecule has 172 valence electrons. The maximum atomic E-state index is 13.4. The van der Waals surface area contributed by atoms with Gasteiger partial charge in [-0.3, -0.25) is 9.59 Å². The molecule has 1 unspecified atom stereocenters. The van der Waals surface area contributed by atoms with Gasteiger partial charge < -0.3 is 15.0 Å². The molecule has 5 nitrogen and oxygen atoms in total. The summed E-state index contributed by atoms with van der Waals surface area (Å²) in [6, 6.07) is 21.7. The lowest BCUT2D eigenvalue weighted by Gasteiger charge is -2.31. The predicted molar refractivity (Wildman–Crippen MR) is 134 cm³/mol. The van der Waals surface area contributed by atoms with Gasteiger partial charge in [0, 0.05) is 29.5 Å². The molecule has 0 aliphatic rings. The standard InChI is InChI=1S/C26H26BrClN2O3/c1-18-14-21(12-13-22(18)27)33-17-25(31)30(16-20-10-6-7-11-23(20)28)24(26(32)29-2)15-19-8-4-3-5-9-19/h3-14,24H,15-17H2,1-2H3,(H,29,32). The van der Waals surface area contributed by atoms with E-state index in [0.29, 0.717) is 17.2 Å². The van der Waals surface area contributed by atoms with Crippen molar-refractivity contribution in [2.75, 3.05) is 13.7 Å². The van der Waals surface area contributed by atoms with Crippen LogP contribution in [-0.4, -0.2) is 36.4 Å². The first-order valence-electron chi connectivity index (χ1n) is 10.6. The van der Waals surface area contributed by atoms with Gasteiger partial charge in [0.2, 0.25) is 5.91 Å². The summed E-state index contributed by atoms with van der Waals surface area (Å²) in [6.07, 6.45) is 0.369. The van der Waals surface area contributed by atoms with Crippen molar-refractivity contribution in [3.05, 3.63) is 99.0 Å². The molecule has 7 heteroatoms. The molecule has 0 saturated heterocycles. The number of amides is 2. The first-order valence-corrected chi connectivity index (χ1v) is 11.7. The van der Waals surface area contributed by atoms with Crippen molar-refractivity contribution in [1.29, 1.82) is 0 Å². The lowest BCUT2D eigenvalue weighted by Crippen LogP contribution is -2.51. The van der Waals surface area contributed by atoms with Gasteiger partial charge in [-0.1, -0.05) is 76.1 Å². The first-order chi connectivity index (χ1) is 15.9. The topological polar surface area (TPSA) is 58.6 Å². The summed E-state index contributed by atoms with van der Waals surface area (Å²) in [7, 11) is 1.57. The van der Waals surface area contributed by atoms with E-state index in [1.165, 1.54) is 0 Å². The lowest BCUT2D eigenvalue weighted by molar-refractivity contribution is -0.142. The van der Waals surface area contributed by atoms with Crippen LogP contribution in [0, 0.1) is 6.92 Å². The minimum absolute atomic E-state index is 0.187. The number of halogens is 2. The third-order valence-electron chi connectivity index (χ3n) is 5.31. The fraction of sp³-hybridized carbons (Fsp3) is 0.231. The quantitative estimate of drug-likeness (QED) is 0.416. The molecule has 0 spiro atoms. The molecule has 3 aromatic carbocycles. The summed E-state index contributed by atoms with van der Waals surface area (Å²) in [5.74, 6) is 0.0278. The Morgan fingerprint density at radius 3 is 2.42 bits per heavy atom. The van der Waals surface area contributed by atoms with Crippen molar-refractivity contribution in [1.82, 2.24) is 10.2 Å². The molecule has 33 heavy (non-hydrogen) atoms. The van der Waals surface area contributed by atoms with Crippen LogP contribution in [0.3, 0.4) is 0 Å². The van der Waals surface area contributed by atoms with Gasteiger partial charge in [-0.25, -0.2) is 0 Å². The van der Waals surface area contributed by atoms with Crippen molar-refractivity contribution in [3.8, 4) is 5.75 Å². The molecule has 0 saturated carbocycles. The van der Waals surface area contributed by atoms with E-state index in [2.05, 4.69) is 21.2 Å². The van der Waals surface area contributed by atoms with E-state index in [9.17, 15) is 9.59 Å². The molecule has 0 fully saturated rings. The van der Waals surface area contributed by atoms with Crippen LogP contribution in [0.15, 0.2) is 77.3 Å². The fourth-order valence-corrected chi connectivity index (χ4v) is 3.91. The average Bonchev–Trinajstić information content (AvgIpc) is 2.83. The van der Waals surface area contributed by atoms with Crippen LogP contribution in [0.2, 0.25) is 5.02 Å². The maximum Gasteiger partial charge on any atom is 0.261 e. The van der Waals surface area contributed by atoms with Crippen LogP contribution in [0.1, 0.15) is 16.7 Å². The number of nitrogens with zero attached hydrogens (tertiary/aromatic N) is 1. The second-order valence-corrected chi connectivity index (χ2v) is 8.89. The van der Waals surface area contributed by atoms with E-state index in [1.54, 1.807) is 24.1 Å². The number of aryl methyl sites for hydroxylation is 1. The van der Waals surface area contributed by atoms with Crippen molar-refractivity contribution in [2.45, 2.75) is 25.9 Å². The molecular formula is C26H26BrClN2O3. The lowest BCUT2D eigenvalue weighted by atomic mass is 10.0. The van der Waals surface area contributed by atoms with E-state index in [1.807, 2.05) is 67.6 Å². The summed E-state index contributed by atoms with van der Waals surface area (Å²) in [4.78, 5) is 27.9. The minimum Gasteiger partial charge on any atom is -0.484 e. The van der Waals surface area contributed by atoms with Crippen molar-refractivity contribution < 1.29 is 14.3 Å². The highest BCUT2D eigenvalue weighted by molar-refractivity contribution is 9.10. The highest BCUT2D eigenvalue weighted by Gasteiger charge is 2.30. The van der Waals surface area contributed by atoms with E-state index < -0.39 is 6.04 Å². The Hall–Kier alpha value is -2.83. The fourth-order valence-electron chi connectivity index (χ4n) is 3.47. The Kier molecular flexibility index (Phi) is 8.92. The van der Waals surface area contributed by atoms with Crippen LogP contribution in [0.5, 0.6) is 5.75 Å². The van der Waals surface area contributed by atoms with Crippen molar-refractivity contribution >= 4 is 39.3 Å². The van der Waals surface area contributed by atoms with Gasteiger partial charge in [0.25, 0.3) is 5.91 Å². The third kappa shape index (κ3) is 6.83. The molecule has 3 aromatic rings. The zero-order valence-electron chi connectivity index (χ0n) is 18.6. The molecule has 0 aliphatic heterocycles. The maximum absolute atomic E-state index is 13.4. The third-order valence-corrected chi connectivity index (χ3v) is 6.57. The minimum atomic E-state index is -0.726. The number of hydrogen-bond donors (Lipinski definition) is 1. The first kappa shape index (κ1) is 24.8. The number of ether oxygens (including phenoxy) is 1. The summed E-state index contributed by atoms with van der Waals surface area (Å²) >= 11 is 9.85. The molecule has 1 atom stereocenters. The molecule has 0 bridgehead atoms. The Balaban J connectivity index is 1.88. The summed E-state index contributed by atoms with van der Waals surface area (Å²) in [5.41, 5.74) is 2.71. The Bertz CT molecular complexity index is 1110. The Morgan fingerprint density at radius 2 is 1.76 bits per heavy atom. The highest BCUT2D eigenvalue weighted by atomic mass is 79.9. The largest absolute Gasteiger partial charge is 0.484 e. The van der Waals surface area contributed by atoms with Gasteiger partial charge in [0.1, 0.15) is 11.8 Å². The molecule has 0 aliphatic carbocycles. The van der Waals surface area contributed by atoms with E-state index in [0.717, 1.165) is 21.2 Å². The number of likely N-dealkylation sites (N-methyl/N-ethyl adjacent to an activating group) is 1. The van der Waals surface area contributed by atoms with Crippen molar-refractivity contribution in [3.63, 3.8) is 0 Å². The smallest absolute Gasteiger partial charge is 0.261 e. The molecule has 1 N–H and O–H groups in total. The number of rotatable bonds is 9. The number of nitrogens with one attached hydrogen (secondary N) is 1. The van der Waals surface area contributed by atoms with E-state index in [-0.39, 0.29) is 25.0 Å². The monoisotopic (exact) mass is 528 g/mol. The number of benzene rings is 3. The number of carbonyl (C=O) groups excluding carboxylic acids is 2. The summed E-state index contributed by atoms with van der Waals surface area (Å²) < 4.78 is 6.75. The highest BCUT2D eigenvalue weighted by Crippen LogP contribution is 2.23. The van der Waals surface area contributed by atoms with Gasteiger partial charge >= 0.3 is 0 Å². The second-order valence-electron chi connectivity index (χ2n) is 7.63. The summed E-state index contributed by atoms with van der Waals surface area (Å²) in [5, 5.41) is 3.23.